The Labute approximate surface area is 56.7 Å². The Morgan fingerprint density at radius 3 is 2.12 bits per heavy atom. The Morgan fingerprint density at radius 1 is 1.12 bits per heavy atom. The summed E-state index contributed by atoms with van der Waals surface area (Å²) in [6.07, 6.45) is 6.33. The zero-order chi connectivity index (χ0) is 5.82. The number of rotatable bonds is 1. The molecule has 0 nitrogen and oxygen atoms in total. The fourth-order valence-electron chi connectivity index (χ4n) is 1.34. The van der Waals surface area contributed by atoms with E-state index < -0.39 is 15.7 Å². The van der Waals surface area contributed by atoms with Gasteiger partial charge in [0.25, 0.3) is 0 Å². The van der Waals surface area contributed by atoms with E-state index >= 15 is 0 Å². The van der Waals surface area contributed by atoms with Gasteiger partial charge >= 0.3 is 15.7 Å². The van der Waals surface area contributed by atoms with Crippen molar-refractivity contribution in [2.45, 2.75) is 36.9 Å². The average molecular weight is 130 g/mol. The molecule has 0 aromatic carbocycles. The van der Waals surface area contributed by atoms with E-state index in [0.717, 1.165) is 0 Å². The number of halogens is 1. The summed E-state index contributed by atoms with van der Waals surface area (Å²) in [6, 6.07) is 0. The molecule has 8 heavy (non-hydrogen) atoms. The molecule has 0 bridgehead atoms. The largest absolute Gasteiger partial charge is 0.497 e. The van der Waals surface area contributed by atoms with Crippen molar-refractivity contribution in [1.82, 2.24) is 0 Å². The highest BCUT2D eigenvalue weighted by atomic mass is 27.2. The first kappa shape index (κ1) is 6.58. The maximum atomic E-state index is 12.0. The molecule has 1 rings (SSSR count). The van der Waals surface area contributed by atoms with Gasteiger partial charge in [-0.05, 0) is 0 Å². The highest BCUT2D eigenvalue weighted by Crippen LogP contribution is 2.27. The van der Waals surface area contributed by atoms with Gasteiger partial charge in [-0.25, -0.2) is 0 Å². The van der Waals surface area contributed by atoms with Gasteiger partial charge in [0.15, 0.2) is 0 Å². The maximum Gasteiger partial charge on any atom is 0.497 e. The van der Waals surface area contributed by atoms with Gasteiger partial charge in [-0.15, -0.1) is 0 Å². The van der Waals surface area contributed by atoms with Crippen molar-refractivity contribution in [1.29, 1.82) is 0 Å². The van der Waals surface area contributed by atoms with Crippen molar-refractivity contribution in [2.24, 2.45) is 0 Å². The van der Waals surface area contributed by atoms with E-state index in [9.17, 15) is 3.52 Å². The molecule has 1 saturated carbocycles. The van der Waals surface area contributed by atoms with E-state index in [1.165, 1.54) is 32.1 Å². The molecule has 0 saturated heterocycles. The Bertz CT molecular complexity index is 59.5. The molecule has 0 heterocycles. The molecular weight excluding hydrogens is 118 g/mol. The number of hydrogen-bond acceptors (Lipinski definition) is 0. The molecule has 0 aromatic heterocycles. The van der Waals surface area contributed by atoms with Crippen LogP contribution in [0.1, 0.15) is 32.1 Å². The third-order valence-electron chi connectivity index (χ3n) is 1.94. The first-order chi connectivity index (χ1) is 3.93. The van der Waals surface area contributed by atoms with Crippen LogP contribution in [0.25, 0.3) is 0 Å². The van der Waals surface area contributed by atoms with Crippen LogP contribution in [-0.2, 0) is 0 Å². The molecule has 0 aliphatic heterocycles. The summed E-state index contributed by atoms with van der Waals surface area (Å²) in [5.41, 5.74) is 0. The van der Waals surface area contributed by atoms with Crippen LogP contribution in [0.2, 0.25) is 4.78 Å². The van der Waals surface area contributed by atoms with E-state index in [0.29, 0.717) is 4.78 Å². The standard InChI is InChI=1S/C6H11.Al.FH.H/c1-2-4-6-5-3-1;;;/h1H,2-6H2;;1H;/q;+1;;/p-1. The summed E-state index contributed by atoms with van der Waals surface area (Å²) in [5, 5.41) is 0. The zero-order valence-electron chi connectivity index (χ0n) is 5.20. The lowest BCUT2D eigenvalue weighted by Gasteiger charge is -2.16. The predicted molar refractivity (Wildman–Crippen MR) is 35.1 cm³/mol. The average Bonchev–Trinajstić information content (AvgIpc) is 1.90. The molecule has 0 amide bonds. The van der Waals surface area contributed by atoms with Crippen molar-refractivity contribution in [3.63, 3.8) is 0 Å². The van der Waals surface area contributed by atoms with Gasteiger partial charge in [-0.3, -0.25) is 0 Å². The smallest absolute Gasteiger partial charge is 0.424 e. The van der Waals surface area contributed by atoms with Crippen LogP contribution in [0.5, 0.6) is 0 Å². The summed E-state index contributed by atoms with van der Waals surface area (Å²) in [5.74, 6) is 0. The maximum absolute atomic E-state index is 12.0. The van der Waals surface area contributed by atoms with Crippen LogP contribution in [0, 0.1) is 0 Å². The predicted octanol–water partition coefficient (Wildman–Crippen LogP) is 2.06. The van der Waals surface area contributed by atoms with Crippen molar-refractivity contribution < 1.29 is 3.52 Å². The second-order valence-corrected chi connectivity index (χ2v) is 4.12. The molecule has 0 N–H and O–H groups in total. The van der Waals surface area contributed by atoms with E-state index in [1.807, 2.05) is 0 Å². The van der Waals surface area contributed by atoms with E-state index in [1.54, 1.807) is 0 Å². The summed E-state index contributed by atoms with van der Waals surface area (Å²) in [7, 11) is 0. The SMILES string of the molecule is [F][AlH][CH]1CCCCC1. The topological polar surface area (TPSA) is 0 Å². The van der Waals surface area contributed by atoms with Gasteiger partial charge in [-0.2, -0.15) is 0 Å². The molecule has 0 radical (unpaired) electrons. The summed E-state index contributed by atoms with van der Waals surface area (Å²) >= 11 is -1.13. The lowest BCUT2D eigenvalue weighted by molar-refractivity contribution is 0.489. The first-order valence-electron chi connectivity index (χ1n) is 3.49. The molecule has 2 heteroatoms. The molecule has 46 valence electrons. The number of hydrogen-bond donors (Lipinski definition) is 0. The Hall–Kier alpha value is 0.462. The molecule has 0 unspecified atom stereocenters. The van der Waals surface area contributed by atoms with E-state index in [-0.39, 0.29) is 0 Å². The lowest BCUT2D eigenvalue weighted by atomic mass is 10.0. The molecule has 1 aliphatic carbocycles. The molecule has 0 atom stereocenters. The monoisotopic (exact) mass is 130 g/mol. The highest BCUT2D eigenvalue weighted by Gasteiger charge is 2.15. The van der Waals surface area contributed by atoms with Crippen LogP contribution in [0.15, 0.2) is 0 Å². The Morgan fingerprint density at radius 2 is 1.75 bits per heavy atom. The fraction of sp³-hybridized carbons (Fsp3) is 1.00. The van der Waals surface area contributed by atoms with E-state index in [2.05, 4.69) is 0 Å². The quantitative estimate of drug-likeness (QED) is 0.476. The lowest BCUT2D eigenvalue weighted by Crippen LogP contribution is -2.03. The fourth-order valence-corrected chi connectivity index (χ4v) is 2.23. The Balaban J connectivity index is 2.13. The van der Waals surface area contributed by atoms with Crippen molar-refractivity contribution in [3.05, 3.63) is 0 Å². The zero-order valence-corrected chi connectivity index (χ0v) is 6.61. The minimum absolute atomic E-state index is 0.559. The van der Waals surface area contributed by atoms with Gasteiger partial charge in [0, 0.05) is 0 Å². The third-order valence-corrected chi connectivity index (χ3v) is 3.20. The normalized spacial score (nSPS) is 23.1. The molecular formula is C6H12AlF. The van der Waals surface area contributed by atoms with Crippen molar-refractivity contribution >= 4 is 15.7 Å². The molecule has 0 aromatic rings. The second kappa shape index (κ2) is 3.48. The van der Waals surface area contributed by atoms with Crippen LogP contribution >= 0.6 is 0 Å². The van der Waals surface area contributed by atoms with Gasteiger partial charge < -0.3 is 3.52 Å². The van der Waals surface area contributed by atoms with Gasteiger partial charge in [0.1, 0.15) is 0 Å². The molecule has 0 spiro atoms. The Kier molecular flexibility index (Phi) is 2.86. The minimum Gasteiger partial charge on any atom is -0.424 e. The highest BCUT2D eigenvalue weighted by molar-refractivity contribution is 6.28. The molecule has 1 fully saturated rings. The summed E-state index contributed by atoms with van der Waals surface area (Å²) in [4.78, 5) is 0. The van der Waals surface area contributed by atoms with Crippen LogP contribution in [0.4, 0.5) is 3.52 Å². The second-order valence-electron chi connectivity index (χ2n) is 2.66. The first-order valence-corrected chi connectivity index (χ1v) is 4.84. The van der Waals surface area contributed by atoms with Crippen LogP contribution in [-0.4, -0.2) is 15.7 Å². The van der Waals surface area contributed by atoms with E-state index in [4.69, 9.17) is 0 Å². The minimum atomic E-state index is -1.13. The molecule has 1 aliphatic rings. The van der Waals surface area contributed by atoms with Gasteiger partial charge in [0.05, 0.1) is 0 Å². The van der Waals surface area contributed by atoms with Crippen molar-refractivity contribution in [2.75, 3.05) is 0 Å². The van der Waals surface area contributed by atoms with Crippen LogP contribution < -0.4 is 0 Å². The summed E-state index contributed by atoms with van der Waals surface area (Å²) < 4.78 is 12.6. The van der Waals surface area contributed by atoms with Gasteiger partial charge in [-0.1, -0.05) is 36.9 Å². The van der Waals surface area contributed by atoms with Crippen molar-refractivity contribution in [3.8, 4) is 0 Å². The van der Waals surface area contributed by atoms with Crippen LogP contribution in [0.3, 0.4) is 0 Å². The summed E-state index contributed by atoms with van der Waals surface area (Å²) in [6.45, 7) is 0. The van der Waals surface area contributed by atoms with Gasteiger partial charge in [0.2, 0.25) is 0 Å². The third kappa shape index (κ3) is 1.76.